The van der Waals surface area contributed by atoms with Gasteiger partial charge in [-0.1, -0.05) is 23.7 Å². The Kier molecular flexibility index (Phi) is 3.33. The second kappa shape index (κ2) is 4.75. The van der Waals surface area contributed by atoms with E-state index >= 15 is 0 Å². The second-order valence-corrected chi connectivity index (χ2v) is 4.34. The van der Waals surface area contributed by atoms with E-state index in [9.17, 15) is 9.59 Å². The highest BCUT2D eigenvalue weighted by Crippen LogP contribution is 2.30. The molecule has 1 aromatic carbocycles. The van der Waals surface area contributed by atoms with E-state index in [1.165, 1.54) is 7.11 Å². The Bertz CT molecular complexity index is 444. The third-order valence-electron chi connectivity index (χ3n) is 2.93. The van der Waals surface area contributed by atoms with Gasteiger partial charge in [-0.05, 0) is 17.7 Å². The lowest BCUT2D eigenvalue weighted by Gasteiger charge is -2.14. The summed E-state index contributed by atoms with van der Waals surface area (Å²) >= 11 is 5.80. The van der Waals surface area contributed by atoms with Crippen molar-refractivity contribution in [1.29, 1.82) is 0 Å². The molecule has 0 radical (unpaired) electrons. The number of hydrogen-bond acceptors (Lipinski definition) is 3. The lowest BCUT2D eigenvalue weighted by molar-refractivity contribution is -0.149. The van der Waals surface area contributed by atoms with E-state index < -0.39 is 11.9 Å². The summed E-state index contributed by atoms with van der Waals surface area (Å²) in [5.41, 5.74) is 0.906. The van der Waals surface area contributed by atoms with Crippen LogP contribution in [0.4, 0.5) is 0 Å². The number of benzene rings is 1. The Morgan fingerprint density at radius 3 is 2.65 bits per heavy atom. The topological polar surface area (TPSA) is 55.4 Å². The molecule has 1 aliphatic rings. The molecule has 90 valence electrons. The smallest absolute Gasteiger partial charge is 0.318 e. The first kappa shape index (κ1) is 11.9. The molecule has 1 aliphatic heterocycles. The van der Waals surface area contributed by atoms with E-state index in [2.05, 4.69) is 10.1 Å². The van der Waals surface area contributed by atoms with Crippen LogP contribution in [0.1, 0.15) is 11.5 Å². The first-order valence-corrected chi connectivity index (χ1v) is 5.62. The minimum absolute atomic E-state index is 0.188. The molecule has 17 heavy (non-hydrogen) atoms. The largest absolute Gasteiger partial charge is 0.468 e. The minimum atomic E-state index is -0.763. The fourth-order valence-electron chi connectivity index (χ4n) is 2.04. The van der Waals surface area contributed by atoms with Crippen LogP contribution < -0.4 is 5.32 Å². The van der Waals surface area contributed by atoms with Crippen LogP contribution in [0, 0.1) is 5.92 Å². The molecule has 2 atom stereocenters. The van der Waals surface area contributed by atoms with Crippen molar-refractivity contribution < 1.29 is 14.3 Å². The molecule has 1 heterocycles. The summed E-state index contributed by atoms with van der Waals surface area (Å²) < 4.78 is 4.65. The van der Waals surface area contributed by atoms with Gasteiger partial charge in [-0.3, -0.25) is 9.59 Å². The molecule has 2 rings (SSSR count). The van der Waals surface area contributed by atoms with Gasteiger partial charge in [0.15, 0.2) is 0 Å². The number of ether oxygens (including phenoxy) is 1. The quantitative estimate of drug-likeness (QED) is 0.639. The highest BCUT2D eigenvalue weighted by atomic mass is 35.5. The molecule has 0 saturated carbocycles. The zero-order valence-electron chi connectivity index (χ0n) is 9.27. The SMILES string of the molecule is COC(=O)C1C(=O)NC[C@H]1c1ccc(Cl)cc1. The van der Waals surface area contributed by atoms with Crippen LogP contribution >= 0.6 is 11.6 Å². The van der Waals surface area contributed by atoms with Crippen molar-refractivity contribution in [1.82, 2.24) is 5.32 Å². The average Bonchev–Trinajstić information content (AvgIpc) is 2.71. The maximum atomic E-state index is 11.6. The molecule has 1 fully saturated rings. The van der Waals surface area contributed by atoms with Crippen LogP contribution in [-0.2, 0) is 14.3 Å². The van der Waals surface area contributed by atoms with Gasteiger partial charge in [-0.15, -0.1) is 0 Å². The predicted octanol–water partition coefficient (Wildman–Crippen LogP) is 1.34. The number of carbonyl (C=O) groups is 2. The Morgan fingerprint density at radius 2 is 2.06 bits per heavy atom. The second-order valence-electron chi connectivity index (χ2n) is 3.90. The van der Waals surface area contributed by atoms with E-state index in [1.54, 1.807) is 12.1 Å². The van der Waals surface area contributed by atoms with Crippen molar-refractivity contribution in [3.05, 3.63) is 34.9 Å². The standard InChI is InChI=1S/C12H12ClNO3/c1-17-12(16)10-9(6-14-11(10)15)7-2-4-8(13)5-3-7/h2-5,9-10H,6H2,1H3,(H,14,15)/t9-,10?/m0/s1. The first-order valence-electron chi connectivity index (χ1n) is 5.24. The molecular formula is C12H12ClNO3. The number of amides is 1. The number of methoxy groups -OCH3 is 1. The molecule has 0 bridgehead atoms. The Morgan fingerprint density at radius 1 is 1.41 bits per heavy atom. The summed E-state index contributed by atoms with van der Waals surface area (Å²) in [6.45, 7) is 0.445. The third-order valence-corrected chi connectivity index (χ3v) is 3.19. The maximum absolute atomic E-state index is 11.6. The number of halogens is 1. The number of hydrogen-bond donors (Lipinski definition) is 1. The lowest BCUT2D eigenvalue weighted by atomic mass is 9.89. The first-order chi connectivity index (χ1) is 8.13. The van der Waals surface area contributed by atoms with Crippen molar-refractivity contribution in [2.45, 2.75) is 5.92 Å². The summed E-state index contributed by atoms with van der Waals surface area (Å²) in [5, 5.41) is 3.30. The van der Waals surface area contributed by atoms with Gasteiger partial charge in [0.05, 0.1) is 7.11 Å². The van der Waals surface area contributed by atoms with Crippen LogP contribution in [0.15, 0.2) is 24.3 Å². The number of nitrogens with one attached hydrogen (secondary N) is 1. The summed E-state index contributed by atoms with van der Waals surface area (Å²) in [5.74, 6) is -1.73. The Hall–Kier alpha value is -1.55. The highest BCUT2D eigenvalue weighted by molar-refractivity contribution is 6.30. The van der Waals surface area contributed by atoms with Gasteiger partial charge < -0.3 is 10.1 Å². The molecule has 0 aliphatic carbocycles. The van der Waals surface area contributed by atoms with Crippen molar-refractivity contribution in [2.24, 2.45) is 5.92 Å². The molecule has 0 spiro atoms. The van der Waals surface area contributed by atoms with Gasteiger partial charge in [0, 0.05) is 17.5 Å². The van der Waals surface area contributed by atoms with Crippen LogP contribution in [-0.4, -0.2) is 25.5 Å². The van der Waals surface area contributed by atoms with Gasteiger partial charge in [0.2, 0.25) is 5.91 Å². The van der Waals surface area contributed by atoms with Crippen molar-refractivity contribution >= 4 is 23.5 Å². The molecule has 1 N–H and O–H groups in total. The molecule has 4 nitrogen and oxygen atoms in total. The van der Waals surface area contributed by atoms with Crippen LogP contribution in [0.25, 0.3) is 0 Å². The normalized spacial score (nSPS) is 23.3. The molecule has 1 unspecified atom stereocenters. The van der Waals surface area contributed by atoms with Gasteiger partial charge in [-0.25, -0.2) is 0 Å². The van der Waals surface area contributed by atoms with Crippen molar-refractivity contribution in [2.75, 3.05) is 13.7 Å². The van der Waals surface area contributed by atoms with Crippen molar-refractivity contribution in [3.8, 4) is 0 Å². The zero-order chi connectivity index (χ0) is 12.4. The summed E-state index contributed by atoms with van der Waals surface area (Å²) in [6, 6.07) is 7.13. The molecule has 1 saturated heterocycles. The fraction of sp³-hybridized carbons (Fsp3) is 0.333. The lowest BCUT2D eigenvalue weighted by Crippen LogP contribution is -2.28. The molecule has 1 amide bonds. The Balaban J connectivity index is 2.28. The third kappa shape index (κ3) is 2.26. The van der Waals surface area contributed by atoms with Crippen LogP contribution in [0.2, 0.25) is 5.02 Å². The molecule has 5 heteroatoms. The van der Waals surface area contributed by atoms with E-state index in [-0.39, 0.29) is 11.8 Å². The molecular weight excluding hydrogens is 242 g/mol. The maximum Gasteiger partial charge on any atom is 0.318 e. The highest BCUT2D eigenvalue weighted by Gasteiger charge is 2.41. The van der Waals surface area contributed by atoms with Crippen LogP contribution in [0.5, 0.6) is 0 Å². The summed E-state index contributed by atoms with van der Waals surface area (Å²) in [4.78, 5) is 23.2. The summed E-state index contributed by atoms with van der Waals surface area (Å²) in [7, 11) is 1.28. The summed E-state index contributed by atoms with van der Waals surface area (Å²) in [6.07, 6.45) is 0. The van der Waals surface area contributed by atoms with Gasteiger partial charge in [0.25, 0.3) is 0 Å². The van der Waals surface area contributed by atoms with Gasteiger partial charge in [0.1, 0.15) is 5.92 Å². The number of rotatable bonds is 2. The number of esters is 1. The Labute approximate surface area is 104 Å². The van der Waals surface area contributed by atoms with E-state index in [0.717, 1.165) is 5.56 Å². The van der Waals surface area contributed by atoms with Gasteiger partial charge >= 0.3 is 5.97 Å². The van der Waals surface area contributed by atoms with E-state index in [0.29, 0.717) is 11.6 Å². The minimum Gasteiger partial charge on any atom is -0.468 e. The average molecular weight is 254 g/mol. The monoisotopic (exact) mass is 253 g/mol. The molecule has 0 aromatic heterocycles. The van der Waals surface area contributed by atoms with Gasteiger partial charge in [-0.2, -0.15) is 0 Å². The van der Waals surface area contributed by atoms with Crippen molar-refractivity contribution in [3.63, 3.8) is 0 Å². The zero-order valence-corrected chi connectivity index (χ0v) is 10.0. The van der Waals surface area contributed by atoms with Crippen LogP contribution in [0.3, 0.4) is 0 Å². The number of carbonyl (C=O) groups excluding carboxylic acids is 2. The fourth-order valence-corrected chi connectivity index (χ4v) is 2.17. The predicted molar refractivity (Wildman–Crippen MR) is 62.7 cm³/mol. The van der Waals surface area contributed by atoms with E-state index in [1.807, 2.05) is 12.1 Å². The van der Waals surface area contributed by atoms with E-state index in [4.69, 9.17) is 11.6 Å². The molecule has 1 aromatic rings.